The second-order valence-corrected chi connectivity index (χ2v) is 6.30. The Morgan fingerprint density at radius 1 is 1.04 bits per heavy atom. The van der Waals surface area contributed by atoms with Crippen LogP contribution >= 0.6 is 0 Å². The molecule has 0 radical (unpaired) electrons. The molecule has 1 saturated carbocycles. The van der Waals surface area contributed by atoms with E-state index in [1.165, 1.54) is 5.56 Å². The van der Waals surface area contributed by atoms with Crippen LogP contribution in [0.1, 0.15) is 40.4 Å². The summed E-state index contributed by atoms with van der Waals surface area (Å²) < 4.78 is 10.5. The first-order chi connectivity index (χ1) is 11.6. The largest absolute Gasteiger partial charge is 0.497 e. The Balaban J connectivity index is 1.82. The summed E-state index contributed by atoms with van der Waals surface area (Å²) in [5.74, 6) is 1.63. The van der Waals surface area contributed by atoms with Crippen LogP contribution in [0.15, 0.2) is 42.5 Å². The monoisotopic (exact) mass is 325 g/mol. The highest BCUT2D eigenvalue weighted by atomic mass is 16.5. The molecule has 0 bridgehead atoms. The molecule has 1 N–H and O–H groups in total. The minimum atomic E-state index is -0.107. The van der Waals surface area contributed by atoms with Crippen molar-refractivity contribution in [1.82, 2.24) is 5.32 Å². The number of carbonyl (C=O) groups is 1. The van der Waals surface area contributed by atoms with Gasteiger partial charge in [-0.05, 0) is 43.4 Å². The average Bonchev–Trinajstić information content (AvgIpc) is 3.44. The number of hydrogen-bond donors (Lipinski definition) is 1. The van der Waals surface area contributed by atoms with Gasteiger partial charge in [-0.1, -0.05) is 29.8 Å². The van der Waals surface area contributed by atoms with E-state index in [-0.39, 0.29) is 11.9 Å². The molecular weight excluding hydrogens is 302 g/mol. The van der Waals surface area contributed by atoms with Gasteiger partial charge in [0.1, 0.15) is 11.5 Å². The standard InChI is InChI=1S/C20H23NO3/c1-13-4-6-14(7-5-13)19(15-8-9-15)21-20(22)16-10-17(23-2)12-18(11-16)24-3/h4-7,10-12,15,19H,8-9H2,1-3H3,(H,21,22). The number of aryl methyl sites for hydroxylation is 1. The van der Waals surface area contributed by atoms with Crippen molar-refractivity contribution >= 4 is 5.91 Å². The van der Waals surface area contributed by atoms with Gasteiger partial charge in [-0.3, -0.25) is 4.79 Å². The number of ether oxygens (including phenoxy) is 2. The van der Waals surface area contributed by atoms with Gasteiger partial charge in [0.25, 0.3) is 5.91 Å². The van der Waals surface area contributed by atoms with Crippen LogP contribution in [0, 0.1) is 12.8 Å². The van der Waals surface area contributed by atoms with Crippen molar-refractivity contribution in [2.75, 3.05) is 14.2 Å². The Morgan fingerprint density at radius 2 is 1.62 bits per heavy atom. The molecular formula is C20H23NO3. The zero-order valence-electron chi connectivity index (χ0n) is 14.3. The molecule has 0 spiro atoms. The number of rotatable bonds is 6. The maximum Gasteiger partial charge on any atom is 0.252 e. The summed E-state index contributed by atoms with van der Waals surface area (Å²) in [5.41, 5.74) is 2.92. The second kappa shape index (κ2) is 6.95. The van der Waals surface area contributed by atoms with Crippen LogP contribution in [0.2, 0.25) is 0 Å². The van der Waals surface area contributed by atoms with E-state index in [0.717, 1.165) is 18.4 Å². The number of methoxy groups -OCH3 is 2. The van der Waals surface area contributed by atoms with Crippen LogP contribution < -0.4 is 14.8 Å². The lowest BCUT2D eigenvalue weighted by Crippen LogP contribution is -2.29. The molecule has 2 aromatic rings. The van der Waals surface area contributed by atoms with Gasteiger partial charge in [0.15, 0.2) is 0 Å². The molecule has 1 aliphatic carbocycles. The second-order valence-electron chi connectivity index (χ2n) is 6.30. The van der Waals surface area contributed by atoms with Crippen molar-refractivity contribution in [3.8, 4) is 11.5 Å². The van der Waals surface area contributed by atoms with E-state index in [9.17, 15) is 4.79 Å². The lowest BCUT2D eigenvalue weighted by atomic mass is 10.0. The van der Waals surface area contributed by atoms with Crippen molar-refractivity contribution < 1.29 is 14.3 Å². The Kier molecular flexibility index (Phi) is 4.74. The van der Waals surface area contributed by atoms with Gasteiger partial charge < -0.3 is 14.8 Å². The van der Waals surface area contributed by atoms with E-state index >= 15 is 0 Å². The summed E-state index contributed by atoms with van der Waals surface area (Å²) in [4.78, 5) is 12.7. The molecule has 4 nitrogen and oxygen atoms in total. The molecule has 24 heavy (non-hydrogen) atoms. The molecule has 4 heteroatoms. The van der Waals surface area contributed by atoms with Gasteiger partial charge in [0.2, 0.25) is 0 Å². The van der Waals surface area contributed by atoms with Crippen molar-refractivity contribution in [3.63, 3.8) is 0 Å². The van der Waals surface area contributed by atoms with Crippen molar-refractivity contribution in [2.45, 2.75) is 25.8 Å². The number of nitrogens with one attached hydrogen (secondary N) is 1. The van der Waals surface area contributed by atoms with Crippen molar-refractivity contribution in [1.29, 1.82) is 0 Å². The maximum atomic E-state index is 12.7. The molecule has 0 aromatic heterocycles. The van der Waals surface area contributed by atoms with E-state index in [2.05, 4.69) is 36.5 Å². The zero-order chi connectivity index (χ0) is 17.1. The first-order valence-electron chi connectivity index (χ1n) is 8.21. The Bertz CT molecular complexity index is 698. The quantitative estimate of drug-likeness (QED) is 0.876. The molecule has 3 rings (SSSR count). The van der Waals surface area contributed by atoms with E-state index in [1.807, 2.05) is 0 Å². The third-order valence-electron chi connectivity index (χ3n) is 4.43. The normalized spacial score (nSPS) is 14.8. The van der Waals surface area contributed by atoms with Gasteiger partial charge in [-0.25, -0.2) is 0 Å². The first-order valence-corrected chi connectivity index (χ1v) is 8.21. The molecule has 1 unspecified atom stereocenters. The zero-order valence-corrected chi connectivity index (χ0v) is 14.3. The van der Waals surface area contributed by atoms with E-state index in [1.54, 1.807) is 32.4 Å². The topological polar surface area (TPSA) is 47.6 Å². The first kappa shape index (κ1) is 16.4. The SMILES string of the molecule is COc1cc(OC)cc(C(=O)NC(c2ccc(C)cc2)C2CC2)c1. The lowest BCUT2D eigenvalue weighted by molar-refractivity contribution is 0.0931. The molecule has 0 aliphatic heterocycles. The summed E-state index contributed by atoms with van der Waals surface area (Å²) in [6.07, 6.45) is 2.31. The average molecular weight is 325 g/mol. The summed E-state index contributed by atoms with van der Waals surface area (Å²) >= 11 is 0. The van der Waals surface area contributed by atoms with E-state index in [0.29, 0.717) is 23.0 Å². The molecule has 1 fully saturated rings. The summed E-state index contributed by atoms with van der Waals surface area (Å²) in [5, 5.41) is 3.18. The third-order valence-corrected chi connectivity index (χ3v) is 4.43. The van der Waals surface area contributed by atoms with Crippen LogP contribution in [0.5, 0.6) is 11.5 Å². The smallest absolute Gasteiger partial charge is 0.252 e. The van der Waals surface area contributed by atoms with Gasteiger partial charge in [-0.2, -0.15) is 0 Å². The highest BCUT2D eigenvalue weighted by molar-refractivity contribution is 5.95. The van der Waals surface area contributed by atoms with E-state index in [4.69, 9.17) is 9.47 Å². The summed E-state index contributed by atoms with van der Waals surface area (Å²) in [7, 11) is 3.16. The highest BCUT2D eigenvalue weighted by Crippen LogP contribution is 2.41. The Labute approximate surface area is 142 Å². The Hall–Kier alpha value is -2.49. The summed E-state index contributed by atoms with van der Waals surface area (Å²) in [6, 6.07) is 13.7. The molecule has 2 aromatic carbocycles. The number of hydrogen-bond acceptors (Lipinski definition) is 3. The molecule has 0 saturated heterocycles. The molecule has 1 amide bonds. The van der Waals surface area contributed by atoms with Crippen molar-refractivity contribution in [2.24, 2.45) is 5.92 Å². The van der Waals surface area contributed by atoms with Gasteiger partial charge >= 0.3 is 0 Å². The van der Waals surface area contributed by atoms with Crippen LogP contribution in [-0.2, 0) is 0 Å². The van der Waals surface area contributed by atoms with Crippen LogP contribution in [0.25, 0.3) is 0 Å². The van der Waals surface area contributed by atoms with Gasteiger partial charge in [0, 0.05) is 11.6 Å². The van der Waals surface area contributed by atoms with E-state index < -0.39 is 0 Å². The van der Waals surface area contributed by atoms with Crippen LogP contribution in [0.3, 0.4) is 0 Å². The lowest BCUT2D eigenvalue weighted by Gasteiger charge is -2.19. The highest BCUT2D eigenvalue weighted by Gasteiger charge is 2.33. The number of benzene rings is 2. The molecule has 126 valence electrons. The van der Waals surface area contributed by atoms with Crippen molar-refractivity contribution in [3.05, 3.63) is 59.2 Å². The number of amides is 1. The molecule has 1 atom stereocenters. The number of carbonyl (C=O) groups excluding carboxylic acids is 1. The fourth-order valence-corrected chi connectivity index (χ4v) is 2.84. The van der Waals surface area contributed by atoms with Gasteiger partial charge in [0.05, 0.1) is 20.3 Å². The maximum absolute atomic E-state index is 12.7. The Morgan fingerprint density at radius 3 is 2.12 bits per heavy atom. The minimum Gasteiger partial charge on any atom is -0.497 e. The predicted molar refractivity (Wildman–Crippen MR) is 93.7 cm³/mol. The predicted octanol–water partition coefficient (Wildman–Crippen LogP) is 3.89. The van der Waals surface area contributed by atoms with Crippen LogP contribution in [-0.4, -0.2) is 20.1 Å². The van der Waals surface area contributed by atoms with Gasteiger partial charge in [-0.15, -0.1) is 0 Å². The summed E-state index contributed by atoms with van der Waals surface area (Å²) in [6.45, 7) is 2.07. The fourth-order valence-electron chi connectivity index (χ4n) is 2.84. The van der Waals surface area contributed by atoms with Crippen LogP contribution in [0.4, 0.5) is 0 Å². The molecule has 0 heterocycles. The molecule has 1 aliphatic rings. The third kappa shape index (κ3) is 3.70. The fraction of sp³-hybridized carbons (Fsp3) is 0.350. The minimum absolute atomic E-state index is 0.0512.